The number of benzene rings is 1. The van der Waals surface area contributed by atoms with Crippen LogP contribution in [0.25, 0.3) is 0 Å². The second kappa shape index (κ2) is 8.48. The quantitative estimate of drug-likeness (QED) is 0.576. The van der Waals surface area contributed by atoms with Gasteiger partial charge in [-0.1, -0.05) is 6.07 Å². The lowest BCUT2D eigenvalue weighted by molar-refractivity contribution is -0.153. The van der Waals surface area contributed by atoms with Gasteiger partial charge in [-0.15, -0.1) is 11.3 Å². The predicted octanol–water partition coefficient (Wildman–Crippen LogP) is 4.08. The summed E-state index contributed by atoms with van der Waals surface area (Å²) < 4.78 is 5.17. The zero-order valence-electron chi connectivity index (χ0n) is 15.5. The van der Waals surface area contributed by atoms with E-state index in [2.05, 4.69) is 5.32 Å². The van der Waals surface area contributed by atoms with Gasteiger partial charge < -0.3 is 10.1 Å². The van der Waals surface area contributed by atoms with E-state index in [0.717, 1.165) is 24.1 Å². The highest BCUT2D eigenvalue weighted by atomic mass is 32.1. The molecule has 0 saturated carbocycles. The van der Waals surface area contributed by atoms with E-state index < -0.39 is 12.1 Å². The van der Waals surface area contributed by atoms with Gasteiger partial charge in [0.1, 0.15) is 0 Å². The third-order valence-corrected chi connectivity index (χ3v) is 5.66. The fourth-order valence-corrected chi connectivity index (χ4v) is 3.96. The number of anilines is 1. The molecule has 2 aromatic rings. The molecule has 0 aliphatic heterocycles. The highest BCUT2D eigenvalue weighted by Gasteiger charge is 2.20. The minimum absolute atomic E-state index is 0.0355. The van der Waals surface area contributed by atoms with E-state index in [1.807, 2.05) is 31.2 Å². The Labute approximate surface area is 162 Å². The number of fused-ring (bicyclic) bond motifs is 1. The number of ether oxygens (including phenoxy) is 1. The Morgan fingerprint density at radius 2 is 1.89 bits per heavy atom. The van der Waals surface area contributed by atoms with Gasteiger partial charge >= 0.3 is 5.97 Å². The highest BCUT2D eigenvalue weighted by molar-refractivity contribution is 7.14. The molecule has 0 saturated heterocycles. The first kappa shape index (κ1) is 19.3. The Hall–Kier alpha value is -2.47. The number of hydrogen-bond acceptors (Lipinski definition) is 5. The van der Waals surface area contributed by atoms with Crippen LogP contribution >= 0.6 is 11.3 Å². The summed E-state index contributed by atoms with van der Waals surface area (Å²) >= 11 is 1.41. The molecule has 3 rings (SSSR count). The number of carbonyl (C=O) groups excluding carboxylic acids is 3. The zero-order chi connectivity index (χ0) is 19.4. The molecule has 0 fully saturated rings. The molecule has 1 amide bonds. The van der Waals surface area contributed by atoms with Crippen molar-refractivity contribution in [1.29, 1.82) is 0 Å². The van der Waals surface area contributed by atoms with E-state index in [1.54, 1.807) is 6.07 Å². The Morgan fingerprint density at radius 1 is 1.11 bits per heavy atom. The first-order chi connectivity index (χ1) is 12.9. The maximum atomic E-state index is 12.3. The molecule has 0 unspecified atom stereocenters. The second-order valence-electron chi connectivity index (χ2n) is 6.79. The van der Waals surface area contributed by atoms with Gasteiger partial charge in [0.2, 0.25) is 0 Å². The van der Waals surface area contributed by atoms with E-state index in [0.29, 0.717) is 10.6 Å². The molecule has 1 aromatic heterocycles. The van der Waals surface area contributed by atoms with Gasteiger partial charge in [0.25, 0.3) is 5.91 Å². The number of hydrogen-bond donors (Lipinski definition) is 1. The Kier molecular flexibility index (Phi) is 6.06. The second-order valence-corrected chi connectivity index (χ2v) is 8.08. The third kappa shape index (κ3) is 5.04. The predicted molar refractivity (Wildman–Crippen MR) is 105 cm³/mol. The molecule has 0 bridgehead atoms. The number of amides is 1. The maximum absolute atomic E-state index is 12.3. The summed E-state index contributed by atoms with van der Waals surface area (Å²) in [4.78, 5) is 37.9. The number of esters is 1. The molecule has 1 aromatic carbocycles. The lowest BCUT2D eigenvalue weighted by atomic mass is 10.1. The summed E-state index contributed by atoms with van der Waals surface area (Å²) in [6.07, 6.45) is 2.39. The van der Waals surface area contributed by atoms with Crippen molar-refractivity contribution < 1.29 is 19.1 Å². The van der Waals surface area contributed by atoms with Crippen LogP contribution in [0, 0.1) is 6.92 Å². The molecule has 1 aliphatic rings. The molecule has 5 nitrogen and oxygen atoms in total. The number of thiophene rings is 1. The lowest BCUT2D eigenvalue weighted by Crippen LogP contribution is -2.30. The summed E-state index contributed by atoms with van der Waals surface area (Å²) in [5.74, 6) is -1.00. The molecule has 1 N–H and O–H groups in total. The average Bonchev–Trinajstić information content (AvgIpc) is 3.27. The molecule has 1 heterocycles. The molecule has 0 spiro atoms. The van der Waals surface area contributed by atoms with Crippen molar-refractivity contribution in [2.24, 2.45) is 0 Å². The van der Waals surface area contributed by atoms with E-state index in [1.165, 1.54) is 29.4 Å². The molecule has 1 atom stereocenters. The zero-order valence-corrected chi connectivity index (χ0v) is 16.4. The molecule has 1 aliphatic carbocycles. The van der Waals surface area contributed by atoms with Gasteiger partial charge in [0.15, 0.2) is 11.9 Å². The Bertz CT molecular complexity index is 871. The van der Waals surface area contributed by atoms with Crippen molar-refractivity contribution in [2.75, 3.05) is 5.32 Å². The summed E-state index contributed by atoms with van der Waals surface area (Å²) in [6.45, 7) is 3.46. The van der Waals surface area contributed by atoms with Crippen molar-refractivity contribution in [2.45, 2.75) is 52.1 Å². The van der Waals surface area contributed by atoms with Crippen molar-refractivity contribution in [3.8, 4) is 0 Å². The SMILES string of the molecule is Cc1ccc(C(=O)CCC(=O)O[C@H](C)C(=O)Nc2ccc3c(c2)CCC3)s1. The summed E-state index contributed by atoms with van der Waals surface area (Å²) in [5, 5.41) is 2.79. The minimum atomic E-state index is -0.912. The molecular formula is C21H23NO4S. The first-order valence-corrected chi connectivity index (χ1v) is 9.96. The molecule has 6 heteroatoms. The van der Waals surface area contributed by atoms with Gasteiger partial charge in [-0.05, 0) is 68.5 Å². The van der Waals surface area contributed by atoms with Crippen molar-refractivity contribution in [1.82, 2.24) is 0 Å². The number of aryl methyl sites for hydroxylation is 3. The van der Waals surface area contributed by atoms with Gasteiger partial charge in [-0.25, -0.2) is 0 Å². The Balaban J connectivity index is 1.46. The van der Waals surface area contributed by atoms with E-state index in [-0.39, 0.29) is 24.5 Å². The number of nitrogens with one attached hydrogen (secondary N) is 1. The van der Waals surface area contributed by atoms with Gasteiger partial charge in [-0.2, -0.15) is 0 Å². The number of rotatable bonds is 7. The van der Waals surface area contributed by atoms with Crippen LogP contribution in [0.15, 0.2) is 30.3 Å². The van der Waals surface area contributed by atoms with Crippen LogP contribution < -0.4 is 5.32 Å². The third-order valence-electron chi connectivity index (χ3n) is 4.61. The van der Waals surface area contributed by atoms with Crippen LogP contribution in [0.5, 0.6) is 0 Å². The van der Waals surface area contributed by atoms with Gasteiger partial charge in [-0.3, -0.25) is 14.4 Å². The van der Waals surface area contributed by atoms with Crippen molar-refractivity contribution in [3.05, 3.63) is 51.2 Å². The van der Waals surface area contributed by atoms with Crippen molar-refractivity contribution in [3.63, 3.8) is 0 Å². The maximum Gasteiger partial charge on any atom is 0.307 e. The van der Waals surface area contributed by atoms with Gasteiger partial charge in [0.05, 0.1) is 11.3 Å². The summed E-state index contributed by atoms with van der Waals surface area (Å²) in [5.41, 5.74) is 3.31. The molecule has 0 radical (unpaired) electrons. The standard InChI is InChI=1S/C21H23NO4S/c1-13-6-10-19(27-13)18(23)9-11-20(24)26-14(2)21(25)22-17-8-7-15-4-3-5-16(15)12-17/h6-8,10,12,14H,3-5,9,11H2,1-2H3,(H,22,25)/t14-/m1/s1. The van der Waals surface area contributed by atoms with Gasteiger partial charge in [0, 0.05) is 17.0 Å². The average molecular weight is 385 g/mol. The van der Waals surface area contributed by atoms with Crippen LogP contribution in [-0.2, 0) is 27.2 Å². The van der Waals surface area contributed by atoms with E-state index >= 15 is 0 Å². The van der Waals surface area contributed by atoms with Crippen molar-refractivity contribution >= 4 is 34.7 Å². The molecule has 27 heavy (non-hydrogen) atoms. The monoisotopic (exact) mass is 385 g/mol. The van der Waals surface area contributed by atoms with Crippen LogP contribution in [0.4, 0.5) is 5.69 Å². The first-order valence-electron chi connectivity index (χ1n) is 9.14. The number of Topliss-reactive ketones (excluding diaryl/α,β-unsaturated/α-hetero) is 1. The topological polar surface area (TPSA) is 72.5 Å². The molecular weight excluding hydrogens is 362 g/mol. The summed E-state index contributed by atoms with van der Waals surface area (Å²) in [6, 6.07) is 9.53. The number of carbonyl (C=O) groups is 3. The normalized spacial score (nSPS) is 13.7. The van der Waals surface area contributed by atoms with Crippen LogP contribution in [0.1, 0.15) is 51.9 Å². The fourth-order valence-electron chi connectivity index (χ4n) is 3.13. The van der Waals surface area contributed by atoms with E-state index in [9.17, 15) is 14.4 Å². The number of ketones is 1. The van der Waals surface area contributed by atoms with Crippen LogP contribution in [-0.4, -0.2) is 23.8 Å². The summed E-state index contributed by atoms with van der Waals surface area (Å²) in [7, 11) is 0. The lowest BCUT2D eigenvalue weighted by Gasteiger charge is -2.14. The molecule has 142 valence electrons. The smallest absolute Gasteiger partial charge is 0.307 e. The van der Waals surface area contributed by atoms with Crippen LogP contribution in [0.2, 0.25) is 0 Å². The fraction of sp³-hybridized carbons (Fsp3) is 0.381. The van der Waals surface area contributed by atoms with Crippen LogP contribution in [0.3, 0.4) is 0 Å². The Morgan fingerprint density at radius 3 is 2.63 bits per heavy atom. The van der Waals surface area contributed by atoms with E-state index in [4.69, 9.17) is 4.74 Å². The largest absolute Gasteiger partial charge is 0.453 e. The minimum Gasteiger partial charge on any atom is -0.453 e. The highest BCUT2D eigenvalue weighted by Crippen LogP contribution is 2.25.